The van der Waals surface area contributed by atoms with Crippen LogP contribution in [0.25, 0.3) is 10.8 Å². The fraction of sp³-hybridized carbons (Fsp3) is 0.571. The molecule has 0 aliphatic heterocycles. The molecule has 2 rings (SSSR count). The molecule has 6 heteroatoms. The zero-order valence-corrected chi connectivity index (χ0v) is 22.0. The van der Waals surface area contributed by atoms with Crippen LogP contribution in [0.3, 0.4) is 0 Å². The molecule has 150 valence electrons. The summed E-state index contributed by atoms with van der Waals surface area (Å²) in [6, 6.07) is 8.26. The molecule has 2 aromatic rings. The maximum Gasteiger partial charge on any atom is 0.252 e. The van der Waals surface area contributed by atoms with Gasteiger partial charge in [0.25, 0.3) is 16.6 Å². The highest BCUT2D eigenvalue weighted by Crippen LogP contribution is 2.41. The summed E-state index contributed by atoms with van der Waals surface area (Å²) in [6.45, 7) is 22.4. The number of aromatic nitrogens is 1. The van der Waals surface area contributed by atoms with Crippen molar-refractivity contribution < 1.29 is 8.85 Å². The third kappa shape index (κ3) is 4.95. The van der Waals surface area contributed by atoms with Crippen LogP contribution in [-0.2, 0) is 0 Å². The summed E-state index contributed by atoms with van der Waals surface area (Å²) in [4.78, 5) is 4.84. The second-order valence-corrected chi connectivity index (χ2v) is 20.7. The summed E-state index contributed by atoms with van der Waals surface area (Å²) >= 11 is 3.58. The molecular weight excluding hydrogens is 434 g/mol. The van der Waals surface area contributed by atoms with Gasteiger partial charge in [0, 0.05) is 15.9 Å². The molecule has 0 spiro atoms. The fourth-order valence-electron chi connectivity index (χ4n) is 2.11. The van der Waals surface area contributed by atoms with Crippen molar-refractivity contribution in [1.82, 2.24) is 4.98 Å². The van der Waals surface area contributed by atoms with Crippen LogP contribution >= 0.6 is 15.9 Å². The Balaban J connectivity index is 2.59. The molecule has 27 heavy (non-hydrogen) atoms. The Hall–Kier alpha value is -0.856. The largest absolute Gasteiger partial charge is 0.531 e. The van der Waals surface area contributed by atoms with Crippen molar-refractivity contribution >= 4 is 43.3 Å². The van der Waals surface area contributed by atoms with E-state index >= 15 is 0 Å². The van der Waals surface area contributed by atoms with E-state index in [1.807, 2.05) is 12.1 Å². The number of fused-ring (bicyclic) bond motifs is 1. The van der Waals surface area contributed by atoms with E-state index in [0.717, 1.165) is 15.2 Å². The minimum atomic E-state index is -2.01. The summed E-state index contributed by atoms with van der Waals surface area (Å²) in [5, 5.41) is 2.33. The van der Waals surface area contributed by atoms with Crippen LogP contribution in [0.4, 0.5) is 0 Å². The Bertz CT molecular complexity index is 836. The van der Waals surface area contributed by atoms with Crippen molar-refractivity contribution in [1.29, 1.82) is 0 Å². The van der Waals surface area contributed by atoms with E-state index in [1.54, 1.807) is 0 Å². The van der Waals surface area contributed by atoms with Crippen molar-refractivity contribution in [3.8, 4) is 11.8 Å². The molecule has 0 bridgehead atoms. The van der Waals surface area contributed by atoms with Gasteiger partial charge in [0.15, 0.2) is 0 Å². The third-order valence-electron chi connectivity index (χ3n) is 6.06. The lowest BCUT2D eigenvalue weighted by molar-refractivity contribution is 0.450. The predicted octanol–water partition coefficient (Wildman–Crippen LogP) is 7.77. The van der Waals surface area contributed by atoms with E-state index in [9.17, 15) is 0 Å². The van der Waals surface area contributed by atoms with Gasteiger partial charge in [0.2, 0.25) is 11.8 Å². The van der Waals surface area contributed by atoms with Crippen molar-refractivity contribution in [2.75, 3.05) is 0 Å². The zero-order valence-electron chi connectivity index (χ0n) is 18.5. The average Bonchev–Trinajstić information content (AvgIpc) is 2.43. The number of hydrogen-bond acceptors (Lipinski definition) is 3. The minimum Gasteiger partial charge on any atom is -0.531 e. The average molecular weight is 469 g/mol. The van der Waals surface area contributed by atoms with Crippen LogP contribution in [0.15, 0.2) is 28.7 Å². The van der Waals surface area contributed by atoms with Crippen LogP contribution in [0.1, 0.15) is 41.5 Å². The summed E-state index contributed by atoms with van der Waals surface area (Å²) in [5.74, 6) is 1.36. The summed E-state index contributed by atoms with van der Waals surface area (Å²) in [6.07, 6.45) is 0. The van der Waals surface area contributed by atoms with E-state index in [1.165, 1.54) is 0 Å². The highest BCUT2D eigenvalue weighted by atomic mass is 79.9. The third-order valence-corrected chi connectivity index (χ3v) is 15.2. The Morgan fingerprint density at radius 2 is 1.33 bits per heavy atom. The van der Waals surface area contributed by atoms with Crippen molar-refractivity contribution in [3.05, 3.63) is 28.7 Å². The lowest BCUT2D eigenvalue weighted by Crippen LogP contribution is -2.45. The van der Waals surface area contributed by atoms with E-state index in [0.29, 0.717) is 11.8 Å². The van der Waals surface area contributed by atoms with Gasteiger partial charge in [-0.05, 0) is 59.8 Å². The molecule has 0 unspecified atom stereocenters. The monoisotopic (exact) mass is 467 g/mol. The first-order valence-electron chi connectivity index (χ1n) is 9.52. The predicted molar refractivity (Wildman–Crippen MR) is 125 cm³/mol. The van der Waals surface area contributed by atoms with Crippen molar-refractivity contribution in [3.63, 3.8) is 0 Å². The maximum absolute atomic E-state index is 6.61. The number of hydrogen-bond donors (Lipinski definition) is 0. The number of rotatable bonds is 4. The van der Waals surface area contributed by atoms with Crippen molar-refractivity contribution in [2.24, 2.45) is 0 Å². The second-order valence-electron chi connectivity index (χ2n) is 10.4. The maximum atomic E-state index is 6.61. The lowest BCUT2D eigenvalue weighted by atomic mass is 10.2. The molecule has 0 saturated heterocycles. The molecule has 0 saturated carbocycles. The van der Waals surface area contributed by atoms with Crippen LogP contribution < -0.4 is 8.85 Å². The van der Waals surface area contributed by atoms with Gasteiger partial charge in [-0.2, -0.15) is 4.98 Å². The van der Waals surface area contributed by atoms with Gasteiger partial charge < -0.3 is 8.85 Å². The van der Waals surface area contributed by atoms with Crippen LogP contribution in [0.5, 0.6) is 11.8 Å². The number of pyridine rings is 1. The topological polar surface area (TPSA) is 31.4 Å². The SMILES string of the molecule is CC(C)(C)[Si](C)(C)Oc1cc2cc(Br)ccc2c(O[Si](C)(C)C(C)(C)C)n1. The molecular formula is C21H34BrNO2Si2. The van der Waals surface area contributed by atoms with Gasteiger partial charge >= 0.3 is 0 Å². The summed E-state index contributed by atoms with van der Waals surface area (Å²) in [5.41, 5.74) is 0. The molecule has 0 aliphatic rings. The fourth-order valence-corrected chi connectivity index (χ4v) is 4.37. The smallest absolute Gasteiger partial charge is 0.252 e. The minimum absolute atomic E-state index is 0.104. The molecule has 0 radical (unpaired) electrons. The highest BCUT2D eigenvalue weighted by Gasteiger charge is 2.41. The van der Waals surface area contributed by atoms with Crippen LogP contribution in [0.2, 0.25) is 36.3 Å². The number of benzene rings is 1. The van der Waals surface area contributed by atoms with Crippen LogP contribution in [0, 0.1) is 0 Å². The van der Waals surface area contributed by atoms with E-state index in [4.69, 9.17) is 13.8 Å². The lowest BCUT2D eigenvalue weighted by Gasteiger charge is -2.37. The molecule has 0 atom stereocenters. The Morgan fingerprint density at radius 1 is 0.815 bits per heavy atom. The first-order valence-corrected chi connectivity index (χ1v) is 16.1. The van der Waals surface area contributed by atoms with E-state index in [2.05, 4.69) is 95.8 Å². The quantitative estimate of drug-likeness (QED) is 0.430. The normalized spacial score (nSPS) is 13.7. The van der Waals surface area contributed by atoms with Gasteiger partial charge in [-0.15, -0.1) is 0 Å². The summed E-state index contributed by atoms with van der Waals surface area (Å²) in [7, 11) is -4.00. The van der Waals surface area contributed by atoms with Crippen LogP contribution in [-0.4, -0.2) is 21.6 Å². The molecule has 1 aromatic heterocycles. The number of nitrogens with zero attached hydrogens (tertiary/aromatic N) is 1. The summed E-state index contributed by atoms with van der Waals surface area (Å²) < 4.78 is 14.2. The molecule has 0 N–H and O–H groups in total. The Labute approximate surface area is 175 Å². The van der Waals surface area contributed by atoms with Gasteiger partial charge in [-0.25, -0.2) is 0 Å². The van der Waals surface area contributed by atoms with E-state index in [-0.39, 0.29) is 10.1 Å². The van der Waals surface area contributed by atoms with Gasteiger partial charge in [-0.1, -0.05) is 57.5 Å². The first kappa shape index (κ1) is 22.4. The molecule has 0 aliphatic carbocycles. The molecule has 1 heterocycles. The number of halogens is 1. The Morgan fingerprint density at radius 3 is 1.85 bits per heavy atom. The molecule has 1 aromatic carbocycles. The van der Waals surface area contributed by atoms with Gasteiger partial charge in [-0.3, -0.25) is 0 Å². The van der Waals surface area contributed by atoms with E-state index < -0.39 is 16.6 Å². The Kier molecular flexibility index (Phi) is 5.98. The molecule has 3 nitrogen and oxygen atoms in total. The van der Waals surface area contributed by atoms with Gasteiger partial charge in [0.05, 0.1) is 0 Å². The second kappa shape index (κ2) is 7.19. The standard InChI is InChI=1S/C21H34BrNO2Si2/c1-20(2,3)26(7,8)24-18-14-15-13-16(22)11-12-17(15)19(23-18)25-27(9,10)21(4,5)6/h11-14H,1-10H3. The molecule has 0 fully saturated rings. The first-order chi connectivity index (χ1) is 12.0. The highest BCUT2D eigenvalue weighted by molar-refractivity contribution is 9.10. The molecule has 0 amide bonds. The van der Waals surface area contributed by atoms with Crippen molar-refractivity contribution in [2.45, 2.75) is 77.8 Å². The zero-order chi connectivity index (χ0) is 20.8. The van der Waals surface area contributed by atoms with Gasteiger partial charge in [0.1, 0.15) is 0 Å².